The lowest BCUT2D eigenvalue weighted by Gasteiger charge is -2.29. The summed E-state index contributed by atoms with van der Waals surface area (Å²) in [6.07, 6.45) is -0.246. The predicted octanol–water partition coefficient (Wildman–Crippen LogP) is 3.00. The molecule has 1 saturated carbocycles. The quantitative estimate of drug-likeness (QED) is 0.903. The number of amides is 1. The largest absolute Gasteiger partial charge is 0.453 e. The molecule has 2 heterocycles. The third kappa shape index (κ3) is 3.66. The third-order valence-corrected chi connectivity index (χ3v) is 5.10. The van der Waals surface area contributed by atoms with Gasteiger partial charge in [-0.2, -0.15) is 18.2 Å². The number of rotatable bonds is 3. The summed E-state index contributed by atoms with van der Waals surface area (Å²) in [5.41, 5.74) is 1.52. The van der Waals surface area contributed by atoms with Gasteiger partial charge in [-0.3, -0.25) is 4.79 Å². The fraction of sp³-hybridized carbons (Fsp3) is 0.647. The van der Waals surface area contributed by atoms with Crippen LogP contribution in [0, 0.1) is 19.8 Å². The van der Waals surface area contributed by atoms with Gasteiger partial charge in [-0.1, -0.05) is 19.8 Å². The maximum Gasteiger partial charge on any atom is 0.453 e. The summed E-state index contributed by atoms with van der Waals surface area (Å²) in [6.45, 7) is 5.42. The monoisotopic (exact) mass is 369 g/mol. The molecule has 0 radical (unpaired) electrons. The molecule has 1 fully saturated rings. The second kappa shape index (κ2) is 6.85. The highest BCUT2D eigenvalue weighted by molar-refractivity contribution is 5.79. The normalized spacial score (nSPS) is 21.2. The number of nitrogens with zero attached hydrogens (tertiary/aromatic N) is 4. The topological polar surface area (TPSA) is 72.2 Å². The van der Waals surface area contributed by atoms with Crippen molar-refractivity contribution in [1.29, 1.82) is 0 Å². The summed E-state index contributed by atoms with van der Waals surface area (Å²) >= 11 is 0. The Balaban J connectivity index is 1.84. The molecule has 1 aliphatic rings. The molecule has 2 aromatic heterocycles. The Morgan fingerprint density at radius 2 is 1.92 bits per heavy atom. The third-order valence-electron chi connectivity index (χ3n) is 5.10. The molecule has 0 aromatic carbocycles. The zero-order valence-corrected chi connectivity index (χ0v) is 15.0. The standard InChI is InChI=1S/C17H22F3N5O/c1-9-6-4-5-7-13(9)22-14(26)8-12-10(2)21-16-23-15(17(18,19)20)24-25(16)11(12)3/h9,13H,4-8H2,1-3H3,(H,22,26). The van der Waals surface area contributed by atoms with Crippen LogP contribution in [0.2, 0.25) is 0 Å². The molecule has 0 aliphatic heterocycles. The van der Waals surface area contributed by atoms with Crippen LogP contribution in [0.1, 0.15) is 55.4 Å². The van der Waals surface area contributed by atoms with E-state index in [1.807, 2.05) is 0 Å². The van der Waals surface area contributed by atoms with Gasteiger partial charge in [-0.05, 0) is 32.6 Å². The van der Waals surface area contributed by atoms with Gasteiger partial charge < -0.3 is 5.32 Å². The van der Waals surface area contributed by atoms with E-state index < -0.39 is 12.0 Å². The number of fused-ring (bicyclic) bond motifs is 1. The van der Waals surface area contributed by atoms with Crippen LogP contribution in [-0.4, -0.2) is 31.5 Å². The molecule has 2 aromatic rings. The van der Waals surface area contributed by atoms with Crippen molar-refractivity contribution < 1.29 is 18.0 Å². The van der Waals surface area contributed by atoms with E-state index in [1.54, 1.807) is 13.8 Å². The van der Waals surface area contributed by atoms with Crippen LogP contribution >= 0.6 is 0 Å². The molecule has 1 N–H and O–H groups in total. The predicted molar refractivity (Wildman–Crippen MR) is 88.5 cm³/mol. The molecule has 0 spiro atoms. The Labute approximate surface area is 149 Å². The van der Waals surface area contributed by atoms with Gasteiger partial charge in [-0.25, -0.2) is 9.50 Å². The molecule has 3 rings (SSSR count). The lowest BCUT2D eigenvalue weighted by molar-refractivity contribution is -0.144. The Kier molecular flexibility index (Phi) is 4.90. The Morgan fingerprint density at radius 3 is 2.58 bits per heavy atom. The van der Waals surface area contributed by atoms with Crippen LogP contribution in [0.5, 0.6) is 0 Å². The van der Waals surface area contributed by atoms with Crippen LogP contribution in [0.15, 0.2) is 0 Å². The second-order valence-electron chi connectivity index (χ2n) is 7.02. The van der Waals surface area contributed by atoms with E-state index in [2.05, 4.69) is 27.3 Å². The van der Waals surface area contributed by atoms with Crippen LogP contribution in [0.4, 0.5) is 13.2 Å². The molecule has 26 heavy (non-hydrogen) atoms. The number of aromatic nitrogens is 4. The highest BCUT2D eigenvalue weighted by Crippen LogP contribution is 2.27. The van der Waals surface area contributed by atoms with E-state index in [0.717, 1.165) is 23.8 Å². The van der Waals surface area contributed by atoms with Gasteiger partial charge >= 0.3 is 6.18 Å². The minimum atomic E-state index is -4.64. The molecule has 1 aliphatic carbocycles. The maximum atomic E-state index is 12.8. The van der Waals surface area contributed by atoms with Gasteiger partial charge in [0.15, 0.2) is 0 Å². The van der Waals surface area contributed by atoms with Crippen molar-refractivity contribution in [2.75, 3.05) is 0 Å². The van der Waals surface area contributed by atoms with Crippen molar-refractivity contribution in [2.45, 2.75) is 65.1 Å². The molecule has 1 amide bonds. The number of halogens is 3. The molecule has 2 unspecified atom stereocenters. The highest BCUT2D eigenvalue weighted by Gasteiger charge is 2.37. The van der Waals surface area contributed by atoms with E-state index in [4.69, 9.17) is 0 Å². The molecule has 0 saturated heterocycles. The number of nitrogens with one attached hydrogen (secondary N) is 1. The van der Waals surface area contributed by atoms with Crippen molar-refractivity contribution in [3.8, 4) is 0 Å². The zero-order chi connectivity index (χ0) is 19.1. The van der Waals surface area contributed by atoms with Gasteiger partial charge in [0.2, 0.25) is 5.91 Å². The molecular weight excluding hydrogens is 347 g/mol. The Hall–Kier alpha value is -2.19. The van der Waals surface area contributed by atoms with Gasteiger partial charge in [0, 0.05) is 23.0 Å². The Bertz CT molecular complexity index is 830. The number of aryl methyl sites for hydroxylation is 2. The van der Waals surface area contributed by atoms with Gasteiger partial charge in [0.05, 0.1) is 6.42 Å². The van der Waals surface area contributed by atoms with Crippen molar-refractivity contribution in [3.63, 3.8) is 0 Å². The van der Waals surface area contributed by atoms with E-state index >= 15 is 0 Å². The Morgan fingerprint density at radius 1 is 1.23 bits per heavy atom. The number of alkyl halides is 3. The first-order valence-corrected chi connectivity index (χ1v) is 8.76. The number of carbonyl (C=O) groups is 1. The summed E-state index contributed by atoms with van der Waals surface area (Å²) in [7, 11) is 0. The van der Waals surface area contributed by atoms with Gasteiger partial charge in [-0.15, -0.1) is 5.10 Å². The van der Waals surface area contributed by atoms with Gasteiger partial charge in [0.1, 0.15) is 0 Å². The van der Waals surface area contributed by atoms with Crippen LogP contribution in [-0.2, 0) is 17.4 Å². The molecule has 6 nitrogen and oxygen atoms in total. The minimum absolute atomic E-state index is 0.0606. The van der Waals surface area contributed by atoms with E-state index in [9.17, 15) is 18.0 Å². The SMILES string of the molecule is Cc1nc2nc(C(F)(F)F)nn2c(C)c1CC(=O)NC1CCCCC1C. The first-order valence-electron chi connectivity index (χ1n) is 8.76. The highest BCUT2D eigenvalue weighted by atomic mass is 19.4. The molecule has 2 atom stereocenters. The van der Waals surface area contributed by atoms with Crippen LogP contribution < -0.4 is 5.32 Å². The van der Waals surface area contributed by atoms with E-state index in [0.29, 0.717) is 22.9 Å². The lowest BCUT2D eigenvalue weighted by Crippen LogP contribution is -2.41. The van der Waals surface area contributed by atoms with Crippen molar-refractivity contribution in [2.24, 2.45) is 5.92 Å². The average molecular weight is 369 g/mol. The second-order valence-corrected chi connectivity index (χ2v) is 7.02. The molecule has 142 valence electrons. The summed E-state index contributed by atoms with van der Waals surface area (Å²) in [5, 5.41) is 6.56. The average Bonchev–Trinajstić information content (AvgIpc) is 2.98. The van der Waals surface area contributed by atoms with Crippen molar-refractivity contribution in [1.82, 2.24) is 24.9 Å². The van der Waals surface area contributed by atoms with Crippen molar-refractivity contribution >= 4 is 11.7 Å². The van der Waals surface area contributed by atoms with Gasteiger partial charge in [0.25, 0.3) is 11.6 Å². The van der Waals surface area contributed by atoms with Crippen molar-refractivity contribution in [3.05, 3.63) is 22.8 Å². The summed E-state index contributed by atoms with van der Waals surface area (Å²) < 4.78 is 39.6. The van der Waals surface area contributed by atoms with Crippen LogP contribution in [0.25, 0.3) is 5.78 Å². The molecule has 9 heteroatoms. The zero-order valence-electron chi connectivity index (χ0n) is 15.0. The molecular formula is C17H22F3N5O. The number of carbonyl (C=O) groups excluding carboxylic acids is 1. The molecule has 0 bridgehead atoms. The summed E-state index contributed by atoms with van der Waals surface area (Å²) in [6, 6.07) is 0.150. The fourth-order valence-electron chi connectivity index (χ4n) is 3.53. The van der Waals surface area contributed by atoms with Crippen LogP contribution in [0.3, 0.4) is 0 Å². The fourth-order valence-corrected chi connectivity index (χ4v) is 3.53. The summed E-state index contributed by atoms with van der Waals surface area (Å²) in [4.78, 5) is 20.0. The smallest absolute Gasteiger partial charge is 0.353 e. The minimum Gasteiger partial charge on any atom is -0.353 e. The number of hydrogen-bond acceptors (Lipinski definition) is 4. The first kappa shape index (κ1) is 18.6. The first-order chi connectivity index (χ1) is 12.2. The van der Waals surface area contributed by atoms with E-state index in [1.165, 1.54) is 6.42 Å². The lowest BCUT2D eigenvalue weighted by atomic mass is 9.86. The maximum absolute atomic E-state index is 12.8. The summed E-state index contributed by atoms with van der Waals surface area (Å²) in [5.74, 6) is -1.06. The van der Waals surface area contributed by atoms with E-state index in [-0.39, 0.29) is 24.1 Å². The number of hydrogen-bond donors (Lipinski definition) is 1.